The number of aliphatic hydroxyl groups excluding tert-OH is 1. The van der Waals surface area contributed by atoms with Gasteiger partial charge >= 0.3 is 0 Å². The van der Waals surface area contributed by atoms with Crippen molar-refractivity contribution in [2.24, 2.45) is 0 Å². The zero-order chi connectivity index (χ0) is 32.8. The van der Waals surface area contributed by atoms with Crippen molar-refractivity contribution in [2.45, 2.75) is 256 Å². The van der Waals surface area contributed by atoms with Crippen molar-refractivity contribution in [3.8, 4) is 0 Å². The second kappa shape index (κ2) is 29.7. The van der Waals surface area contributed by atoms with Crippen molar-refractivity contribution in [3.05, 3.63) is 0 Å². The average Bonchev–Trinajstić information content (AvgIpc) is 3.99. The minimum Gasteiger partial charge on any atom is -0.393 e. The molecule has 2 heterocycles. The van der Waals surface area contributed by atoms with Gasteiger partial charge in [-0.3, -0.25) is 0 Å². The summed E-state index contributed by atoms with van der Waals surface area (Å²) in [7, 11) is 0. The Hall–Kier alpha value is -0.160. The van der Waals surface area contributed by atoms with Crippen molar-refractivity contribution in [1.82, 2.24) is 0 Å². The Morgan fingerprint density at radius 2 is 0.804 bits per heavy atom. The first kappa shape index (κ1) is 42.0. The second-order valence-corrected chi connectivity index (χ2v) is 15.3. The van der Waals surface area contributed by atoms with Gasteiger partial charge in [0.15, 0.2) is 5.79 Å². The Balaban J connectivity index is 1.31. The molecule has 0 amide bonds. The summed E-state index contributed by atoms with van der Waals surface area (Å²) >= 11 is 0. The molecule has 274 valence electrons. The molecule has 4 unspecified atom stereocenters. The van der Waals surface area contributed by atoms with Gasteiger partial charge in [0.1, 0.15) is 12.2 Å². The maximum Gasteiger partial charge on any atom is 0.197 e. The highest BCUT2D eigenvalue weighted by Gasteiger charge is 2.58. The maximum atomic E-state index is 9.68. The van der Waals surface area contributed by atoms with Crippen molar-refractivity contribution in [3.63, 3.8) is 0 Å². The summed E-state index contributed by atoms with van der Waals surface area (Å²) in [6.07, 6.45) is 47.3. The Morgan fingerprint density at radius 3 is 1.15 bits per heavy atom. The quantitative estimate of drug-likeness (QED) is 0.0533. The molecule has 0 radical (unpaired) electrons. The fourth-order valence-electron chi connectivity index (χ4n) is 7.42. The molecule has 0 aromatic rings. The lowest BCUT2D eigenvalue weighted by molar-refractivity contribution is -0.0561. The van der Waals surface area contributed by atoms with E-state index < -0.39 is 5.79 Å². The van der Waals surface area contributed by atoms with Gasteiger partial charge in [-0.05, 0) is 12.8 Å². The van der Waals surface area contributed by atoms with E-state index in [-0.39, 0.29) is 18.8 Å². The molecule has 1 N–H and O–H groups in total. The molecule has 4 nitrogen and oxygen atoms in total. The zero-order valence-electron chi connectivity index (χ0n) is 31.4. The molecule has 2 aliphatic heterocycles. The van der Waals surface area contributed by atoms with Crippen LogP contribution in [0.4, 0.5) is 0 Å². The maximum absolute atomic E-state index is 9.68. The minimum atomic E-state index is -0.532. The fraction of sp³-hybridized carbons (Fsp3) is 1.00. The van der Waals surface area contributed by atoms with Crippen molar-refractivity contribution in [2.75, 3.05) is 13.2 Å². The molecular weight excluding hydrogens is 568 g/mol. The number of hydrogen-bond donors (Lipinski definition) is 1. The molecule has 2 saturated heterocycles. The van der Waals surface area contributed by atoms with Gasteiger partial charge < -0.3 is 19.3 Å². The van der Waals surface area contributed by atoms with E-state index >= 15 is 0 Å². The van der Waals surface area contributed by atoms with Gasteiger partial charge in [-0.25, -0.2) is 0 Å². The lowest BCUT2D eigenvalue weighted by Gasteiger charge is -2.13. The van der Waals surface area contributed by atoms with E-state index in [1.807, 2.05) is 0 Å². The Bertz CT molecular complexity index is 641. The first-order chi connectivity index (χ1) is 22.8. The largest absolute Gasteiger partial charge is 0.393 e. The second-order valence-electron chi connectivity index (χ2n) is 15.3. The molecule has 0 aromatic carbocycles. The molecule has 4 heteroatoms. The van der Waals surface area contributed by atoms with Crippen LogP contribution in [-0.2, 0) is 14.2 Å². The van der Waals surface area contributed by atoms with Gasteiger partial charge in [-0.1, -0.05) is 213 Å². The van der Waals surface area contributed by atoms with Gasteiger partial charge in [0.2, 0.25) is 0 Å². The molecule has 4 atom stereocenters. The Labute approximate surface area is 288 Å². The summed E-state index contributed by atoms with van der Waals surface area (Å²) in [6.45, 7) is 5.28. The standard InChI is InChI=1S/C42H82O4/c1-3-5-7-9-11-13-15-17-19-21-23-25-27-29-31-33-35-39-40(45-39)38-44-42(41(37-43)46-42)36-34-32-30-28-26-24-22-20-18-16-14-12-10-8-6-4-2/h39-41,43H,3-38H2,1-2H3. The molecule has 0 aliphatic carbocycles. The van der Waals surface area contributed by atoms with Crippen LogP contribution in [0.2, 0.25) is 0 Å². The van der Waals surface area contributed by atoms with Gasteiger partial charge in [0.25, 0.3) is 0 Å². The molecule has 0 spiro atoms. The van der Waals surface area contributed by atoms with Crippen LogP contribution >= 0.6 is 0 Å². The number of ether oxygens (including phenoxy) is 3. The van der Waals surface area contributed by atoms with Crippen molar-refractivity contribution in [1.29, 1.82) is 0 Å². The van der Waals surface area contributed by atoms with Gasteiger partial charge in [0, 0.05) is 6.42 Å². The molecule has 2 aliphatic rings. The zero-order valence-corrected chi connectivity index (χ0v) is 31.4. The fourth-order valence-corrected chi connectivity index (χ4v) is 7.42. The summed E-state index contributed by atoms with van der Waals surface area (Å²) < 4.78 is 18.0. The summed E-state index contributed by atoms with van der Waals surface area (Å²) in [4.78, 5) is 0. The van der Waals surface area contributed by atoms with E-state index in [0.29, 0.717) is 12.7 Å². The SMILES string of the molecule is CCCCCCCCCCCCCCCCCCC1OC1COC1(CCCCCCCCCCCCCCCCCC)OC1CO. The van der Waals surface area contributed by atoms with Crippen LogP contribution in [0.5, 0.6) is 0 Å². The predicted octanol–water partition coefficient (Wildman–Crippen LogP) is 13.2. The van der Waals surface area contributed by atoms with E-state index in [4.69, 9.17) is 14.2 Å². The number of hydrogen-bond acceptors (Lipinski definition) is 4. The molecule has 0 bridgehead atoms. The lowest BCUT2D eigenvalue weighted by Crippen LogP contribution is -2.24. The third kappa shape index (κ3) is 22.5. The van der Waals surface area contributed by atoms with Crippen molar-refractivity contribution < 1.29 is 19.3 Å². The van der Waals surface area contributed by atoms with Crippen molar-refractivity contribution >= 4 is 0 Å². The topological polar surface area (TPSA) is 54.5 Å². The first-order valence-electron chi connectivity index (χ1n) is 21.3. The van der Waals surface area contributed by atoms with Gasteiger partial charge in [0.05, 0.1) is 19.3 Å². The smallest absolute Gasteiger partial charge is 0.197 e. The molecular formula is C42H82O4. The Morgan fingerprint density at radius 1 is 0.457 bits per heavy atom. The van der Waals surface area contributed by atoms with Gasteiger partial charge in [-0.2, -0.15) is 0 Å². The van der Waals surface area contributed by atoms with Gasteiger partial charge in [-0.15, -0.1) is 0 Å². The molecule has 0 saturated carbocycles. The summed E-state index contributed by atoms with van der Waals surface area (Å²) in [5.41, 5.74) is 0. The minimum absolute atomic E-state index is 0.0625. The van der Waals surface area contributed by atoms with Crippen LogP contribution in [0.3, 0.4) is 0 Å². The van der Waals surface area contributed by atoms with E-state index in [1.54, 1.807) is 0 Å². The van der Waals surface area contributed by atoms with Crippen LogP contribution in [0.15, 0.2) is 0 Å². The van der Waals surface area contributed by atoms with E-state index in [1.165, 1.54) is 205 Å². The van der Waals surface area contributed by atoms with Crippen LogP contribution in [0, 0.1) is 0 Å². The third-order valence-corrected chi connectivity index (χ3v) is 10.8. The molecule has 46 heavy (non-hydrogen) atoms. The Kier molecular flexibility index (Phi) is 27.2. The third-order valence-electron chi connectivity index (χ3n) is 10.8. The normalized spacial score (nSPS) is 22.1. The van der Waals surface area contributed by atoms with Crippen LogP contribution < -0.4 is 0 Å². The number of epoxide rings is 2. The lowest BCUT2D eigenvalue weighted by atomic mass is 10.0. The highest BCUT2D eigenvalue weighted by Crippen LogP contribution is 2.43. The van der Waals surface area contributed by atoms with Crippen LogP contribution in [-0.4, -0.2) is 42.4 Å². The van der Waals surface area contributed by atoms with E-state index in [9.17, 15) is 5.11 Å². The average molecular weight is 651 g/mol. The predicted molar refractivity (Wildman–Crippen MR) is 198 cm³/mol. The van der Waals surface area contributed by atoms with E-state index in [0.717, 1.165) is 12.8 Å². The summed E-state index contributed by atoms with van der Waals surface area (Å²) in [6, 6.07) is 0. The molecule has 2 rings (SSSR count). The van der Waals surface area contributed by atoms with E-state index in [2.05, 4.69) is 13.8 Å². The number of aliphatic hydroxyl groups is 1. The molecule has 0 aromatic heterocycles. The number of unbranched alkanes of at least 4 members (excludes halogenated alkanes) is 30. The summed E-state index contributed by atoms with van der Waals surface area (Å²) in [5, 5.41) is 9.68. The monoisotopic (exact) mass is 651 g/mol. The first-order valence-corrected chi connectivity index (χ1v) is 21.3. The highest BCUT2D eigenvalue weighted by molar-refractivity contribution is 4.96. The molecule has 2 fully saturated rings. The highest BCUT2D eigenvalue weighted by atomic mass is 16.8. The van der Waals surface area contributed by atoms with Crippen LogP contribution in [0.25, 0.3) is 0 Å². The van der Waals surface area contributed by atoms with Crippen LogP contribution in [0.1, 0.15) is 232 Å². The number of rotatable bonds is 38. The summed E-state index contributed by atoms with van der Waals surface area (Å²) in [5.74, 6) is -0.532.